The molecule has 1 fully saturated rings. The van der Waals surface area contributed by atoms with E-state index < -0.39 is 5.97 Å². The number of hydrogen-bond acceptors (Lipinski definition) is 11. The second kappa shape index (κ2) is 17.4. The third-order valence-electron chi connectivity index (χ3n) is 3.48. The molecule has 168 valence electrons. The summed E-state index contributed by atoms with van der Waals surface area (Å²) in [4.78, 5) is 38.3. The zero-order valence-electron chi connectivity index (χ0n) is 16.4. The number of carbonyl (C=O) groups excluding carboxylic acids is 3. The highest BCUT2D eigenvalue weighted by Crippen LogP contribution is 2.08. The van der Waals surface area contributed by atoms with Gasteiger partial charge in [-0.15, -0.1) is 17.2 Å². The van der Waals surface area contributed by atoms with Crippen molar-refractivity contribution in [3.05, 3.63) is 0 Å². The number of rotatable bonds is 17. The Morgan fingerprint density at radius 1 is 0.966 bits per heavy atom. The second-order valence-corrected chi connectivity index (χ2v) is 6.78. The maximum absolute atomic E-state index is 11.7. The Hall–Kier alpha value is -1.48. The van der Waals surface area contributed by atoms with E-state index in [0.717, 1.165) is 11.6 Å². The van der Waals surface area contributed by atoms with Gasteiger partial charge in [-0.2, -0.15) is 0 Å². The average Bonchev–Trinajstić information content (AvgIpc) is 3.26. The highest BCUT2D eigenvalue weighted by Gasteiger charge is 2.21. The molecular weight excluding hydrogens is 406 g/mol. The minimum absolute atomic E-state index is 0.00878. The van der Waals surface area contributed by atoms with Crippen molar-refractivity contribution in [1.29, 1.82) is 0 Å². The summed E-state index contributed by atoms with van der Waals surface area (Å²) in [6.07, 6.45) is 0. The summed E-state index contributed by atoms with van der Waals surface area (Å²) in [5.74, 6) is 0.652. The number of hydrogen-bond donors (Lipinski definition) is 5. The van der Waals surface area contributed by atoms with E-state index in [1.807, 2.05) is 0 Å². The third kappa shape index (κ3) is 14.2. The molecule has 1 aliphatic heterocycles. The fraction of sp³-hybridized carbons (Fsp3) is 0.812. The van der Waals surface area contributed by atoms with E-state index in [2.05, 4.69) is 26.3 Å². The van der Waals surface area contributed by atoms with Crippen LogP contribution in [0.5, 0.6) is 0 Å². The normalized spacial score (nSPS) is 15.8. The molecule has 0 aliphatic carbocycles. The highest BCUT2D eigenvalue weighted by molar-refractivity contribution is 7.99. The topological polar surface area (TPSA) is 162 Å². The Kier molecular flexibility index (Phi) is 15.3. The number of ether oxygens (including phenoxy) is 3. The van der Waals surface area contributed by atoms with Crippen molar-refractivity contribution in [2.45, 2.75) is 6.04 Å². The van der Waals surface area contributed by atoms with Crippen LogP contribution in [0.4, 0.5) is 0 Å². The van der Waals surface area contributed by atoms with Gasteiger partial charge in [0.15, 0.2) is 0 Å². The van der Waals surface area contributed by atoms with Gasteiger partial charge >= 0.3 is 5.97 Å². The minimum atomic E-state index is -0.644. The van der Waals surface area contributed by atoms with Gasteiger partial charge in [0, 0.05) is 24.7 Å². The molecule has 13 heteroatoms. The molecule has 1 aliphatic rings. The fourth-order valence-electron chi connectivity index (χ4n) is 2.02. The minimum Gasteiger partial charge on any atom is -0.377 e. The number of amides is 2. The van der Waals surface area contributed by atoms with Crippen LogP contribution >= 0.6 is 11.8 Å². The summed E-state index contributed by atoms with van der Waals surface area (Å²) in [7, 11) is 0. The molecule has 29 heavy (non-hydrogen) atoms. The van der Waals surface area contributed by atoms with Crippen molar-refractivity contribution in [3.63, 3.8) is 0 Å². The van der Waals surface area contributed by atoms with Crippen LogP contribution in [0.2, 0.25) is 0 Å². The van der Waals surface area contributed by atoms with Crippen LogP contribution in [-0.2, 0) is 33.4 Å². The lowest BCUT2D eigenvalue weighted by Gasteiger charge is -2.11. The molecule has 1 heterocycles. The van der Waals surface area contributed by atoms with E-state index in [4.69, 9.17) is 19.9 Å². The maximum Gasteiger partial charge on any atom is 0.338 e. The first-order chi connectivity index (χ1) is 14.1. The first-order valence-corrected chi connectivity index (χ1v) is 10.5. The monoisotopic (exact) mass is 437 g/mol. The molecule has 1 rings (SSSR count). The first kappa shape index (κ1) is 25.6. The Morgan fingerprint density at radius 2 is 1.59 bits per heavy atom. The Balaban J connectivity index is 1.76. The Morgan fingerprint density at radius 3 is 2.17 bits per heavy atom. The quantitative estimate of drug-likeness (QED) is 0.116. The predicted molar refractivity (Wildman–Crippen MR) is 106 cm³/mol. The number of hydroxylamine groups is 1. The molecule has 0 bridgehead atoms. The van der Waals surface area contributed by atoms with E-state index >= 15 is 0 Å². The molecule has 0 saturated carbocycles. The van der Waals surface area contributed by atoms with Crippen LogP contribution in [-0.4, -0.2) is 101 Å². The summed E-state index contributed by atoms with van der Waals surface area (Å²) in [6.45, 7) is 2.83. The summed E-state index contributed by atoms with van der Waals surface area (Å²) < 4.78 is 16.0. The van der Waals surface area contributed by atoms with Gasteiger partial charge in [0.2, 0.25) is 11.8 Å². The van der Waals surface area contributed by atoms with Crippen LogP contribution in [0, 0.1) is 0 Å². The molecule has 6 N–H and O–H groups in total. The number of nitrogens with one attached hydrogen (secondary N) is 4. The van der Waals surface area contributed by atoms with Crippen LogP contribution in [0.15, 0.2) is 0 Å². The van der Waals surface area contributed by atoms with Gasteiger partial charge in [0.1, 0.15) is 6.54 Å². The zero-order valence-corrected chi connectivity index (χ0v) is 17.2. The number of carbonyl (C=O) groups is 3. The molecule has 2 amide bonds. The zero-order chi connectivity index (χ0) is 21.2. The molecular formula is C16H31N5O7S. The van der Waals surface area contributed by atoms with Crippen LogP contribution in [0.25, 0.3) is 0 Å². The number of nitrogens with two attached hydrogens (primary N) is 1. The van der Waals surface area contributed by atoms with Crippen molar-refractivity contribution in [3.8, 4) is 0 Å². The van der Waals surface area contributed by atoms with E-state index in [1.54, 1.807) is 11.8 Å². The van der Waals surface area contributed by atoms with Gasteiger partial charge in [-0.1, -0.05) is 0 Å². The van der Waals surface area contributed by atoms with Crippen molar-refractivity contribution in [2.75, 3.05) is 77.4 Å². The second-order valence-electron chi connectivity index (χ2n) is 5.75. The summed E-state index contributed by atoms with van der Waals surface area (Å²) >= 11 is 1.71. The van der Waals surface area contributed by atoms with Crippen molar-refractivity contribution < 1.29 is 33.4 Å². The van der Waals surface area contributed by atoms with Gasteiger partial charge in [-0.05, 0) is 0 Å². The molecule has 0 aromatic carbocycles. The SMILES string of the molecule is NCC(=O)ONCC(=O)NCCOCCOCCOCCNC(=O)C1CSCN1. The fourth-order valence-corrected chi connectivity index (χ4v) is 2.97. The lowest BCUT2D eigenvalue weighted by atomic mass is 10.3. The molecule has 0 aromatic heterocycles. The van der Waals surface area contributed by atoms with Crippen molar-refractivity contribution >= 4 is 29.5 Å². The molecule has 0 spiro atoms. The van der Waals surface area contributed by atoms with Gasteiger partial charge in [0.05, 0.1) is 52.2 Å². The molecule has 0 aromatic rings. The lowest BCUT2D eigenvalue weighted by Crippen LogP contribution is -2.43. The van der Waals surface area contributed by atoms with E-state index in [9.17, 15) is 14.4 Å². The molecule has 1 saturated heterocycles. The summed E-state index contributed by atoms with van der Waals surface area (Å²) in [6, 6.07) is -0.102. The summed E-state index contributed by atoms with van der Waals surface area (Å²) in [5.41, 5.74) is 7.25. The Bertz CT molecular complexity index is 481. The first-order valence-electron chi connectivity index (χ1n) is 9.35. The van der Waals surface area contributed by atoms with Gasteiger partial charge in [-0.3, -0.25) is 14.9 Å². The van der Waals surface area contributed by atoms with Crippen LogP contribution in [0.3, 0.4) is 0 Å². The van der Waals surface area contributed by atoms with E-state index in [1.165, 1.54) is 0 Å². The molecule has 0 radical (unpaired) electrons. The standard InChI is InChI=1S/C16H31N5O7S/c17-9-15(23)28-21-10-14(22)18-1-3-25-5-7-27-8-6-26-4-2-19-16(24)13-11-29-12-20-13/h13,20-21H,1-12,17H2,(H,18,22)(H,19,24). The Labute approximate surface area is 174 Å². The average molecular weight is 438 g/mol. The van der Waals surface area contributed by atoms with Gasteiger partial charge in [0.25, 0.3) is 0 Å². The third-order valence-corrected chi connectivity index (χ3v) is 4.42. The summed E-state index contributed by atoms with van der Waals surface area (Å²) in [5, 5.41) is 8.51. The lowest BCUT2D eigenvalue weighted by molar-refractivity contribution is -0.150. The van der Waals surface area contributed by atoms with Crippen molar-refractivity contribution in [1.82, 2.24) is 21.4 Å². The van der Waals surface area contributed by atoms with E-state index in [-0.39, 0.29) is 30.9 Å². The molecule has 1 unspecified atom stereocenters. The molecule has 1 atom stereocenters. The van der Waals surface area contributed by atoms with Crippen LogP contribution < -0.4 is 27.2 Å². The predicted octanol–water partition coefficient (Wildman–Crippen LogP) is -3.06. The van der Waals surface area contributed by atoms with Gasteiger partial charge in [-0.25, -0.2) is 4.79 Å². The highest BCUT2D eigenvalue weighted by atomic mass is 32.2. The van der Waals surface area contributed by atoms with Crippen molar-refractivity contribution in [2.24, 2.45) is 5.73 Å². The van der Waals surface area contributed by atoms with Crippen LogP contribution in [0.1, 0.15) is 0 Å². The van der Waals surface area contributed by atoms with E-state index in [0.29, 0.717) is 52.7 Å². The smallest absolute Gasteiger partial charge is 0.338 e. The van der Waals surface area contributed by atoms with Gasteiger partial charge < -0.3 is 35.4 Å². The largest absolute Gasteiger partial charge is 0.377 e. The maximum atomic E-state index is 11.7. The molecule has 12 nitrogen and oxygen atoms in total. The number of thioether (sulfide) groups is 1.